The molecule has 0 saturated carbocycles. The van der Waals surface area contributed by atoms with Gasteiger partial charge < -0.3 is 39.6 Å². The second-order valence-electron chi connectivity index (χ2n) is 11.2. The van der Waals surface area contributed by atoms with E-state index >= 15 is 0 Å². The number of carbonyl (C=O) groups is 3. The zero-order valence-electron chi connectivity index (χ0n) is 25.0. The minimum absolute atomic E-state index is 0.0439. The van der Waals surface area contributed by atoms with Crippen LogP contribution in [-0.2, 0) is 35.1 Å². The SMILES string of the molecule is CC[C@H](C)[C@@H]([C@H](O)CC(=O)NC[C@H]1O[C@H](C(=O)NCc2ccccc2)[C@@H](OC)[C@@H]1OC)N(C)C(=O)OC(C)(C)C. The van der Waals surface area contributed by atoms with Gasteiger partial charge in [0.15, 0.2) is 6.10 Å². The number of likely N-dealkylation sites (N-methyl/N-ethyl adjacent to an activating group) is 1. The molecule has 2 rings (SSSR count). The number of amides is 3. The van der Waals surface area contributed by atoms with E-state index in [1.165, 1.54) is 19.1 Å². The van der Waals surface area contributed by atoms with E-state index in [4.69, 9.17) is 18.9 Å². The second-order valence-corrected chi connectivity index (χ2v) is 11.2. The van der Waals surface area contributed by atoms with Crippen molar-refractivity contribution in [2.24, 2.45) is 5.92 Å². The lowest BCUT2D eigenvalue weighted by atomic mass is 9.91. The number of nitrogens with zero attached hydrogens (tertiary/aromatic N) is 1. The van der Waals surface area contributed by atoms with Gasteiger partial charge in [-0.05, 0) is 32.3 Å². The summed E-state index contributed by atoms with van der Waals surface area (Å²) in [4.78, 5) is 39.8. The van der Waals surface area contributed by atoms with Gasteiger partial charge in [0.25, 0.3) is 5.91 Å². The van der Waals surface area contributed by atoms with Crippen molar-refractivity contribution < 1.29 is 38.4 Å². The van der Waals surface area contributed by atoms with Gasteiger partial charge in [-0.2, -0.15) is 0 Å². The van der Waals surface area contributed by atoms with Gasteiger partial charge in [0.2, 0.25) is 5.91 Å². The summed E-state index contributed by atoms with van der Waals surface area (Å²) in [5, 5.41) is 16.6. The first-order chi connectivity index (χ1) is 18.8. The van der Waals surface area contributed by atoms with Crippen LogP contribution in [0.1, 0.15) is 53.0 Å². The molecule has 0 aliphatic carbocycles. The van der Waals surface area contributed by atoms with E-state index in [-0.39, 0.29) is 24.8 Å². The summed E-state index contributed by atoms with van der Waals surface area (Å²) >= 11 is 0. The van der Waals surface area contributed by atoms with Crippen molar-refractivity contribution >= 4 is 17.9 Å². The molecule has 7 atom stereocenters. The Kier molecular flexibility index (Phi) is 12.8. The maximum Gasteiger partial charge on any atom is 0.410 e. The molecule has 0 radical (unpaired) electrons. The maximum absolute atomic E-state index is 12.9. The Morgan fingerprint density at radius 1 is 1.07 bits per heavy atom. The minimum Gasteiger partial charge on any atom is -0.444 e. The van der Waals surface area contributed by atoms with Crippen LogP contribution >= 0.6 is 0 Å². The number of nitrogens with one attached hydrogen (secondary N) is 2. The van der Waals surface area contributed by atoms with Crippen LogP contribution < -0.4 is 10.6 Å². The molecule has 11 nitrogen and oxygen atoms in total. The molecule has 1 aromatic rings. The van der Waals surface area contributed by atoms with Crippen molar-refractivity contribution in [2.45, 2.75) is 96.2 Å². The van der Waals surface area contributed by atoms with Crippen molar-refractivity contribution in [3.05, 3.63) is 35.9 Å². The fourth-order valence-corrected chi connectivity index (χ4v) is 4.85. The Balaban J connectivity index is 1.99. The largest absolute Gasteiger partial charge is 0.444 e. The molecule has 3 amide bonds. The van der Waals surface area contributed by atoms with Crippen molar-refractivity contribution in [3.63, 3.8) is 0 Å². The number of hydrogen-bond donors (Lipinski definition) is 3. The third kappa shape index (κ3) is 9.43. The molecular formula is C29H47N3O8. The minimum atomic E-state index is -1.13. The van der Waals surface area contributed by atoms with E-state index in [0.29, 0.717) is 13.0 Å². The number of hydrogen-bond acceptors (Lipinski definition) is 8. The number of benzene rings is 1. The summed E-state index contributed by atoms with van der Waals surface area (Å²) in [5.74, 6) is -0.861. The van der Waals surface area contributed by atoms with Crippen molar-refractivity contribution in [1.29, 1.82) is 0 Å². The highest BCUT2D eigenvalue weighted by Crippen LogP contribution is 2.26. The number of methoxy groups -OCH3 is 2. The average molecular weight is 566 g/mol. The van der Waals surface area contributed by atoms with Crippen LogP contribution in [0.3, 0.4) is 0 Å². The Labute approximate surface area is 237 Å². The van der Waals surface area contributed by atoms with E-state index in [1.54, 1.807) is 27.8 Å². The third-order valence-electron chi connectivity index (χ3n) is 7.07. The van der Waals surface area contributed by atoms with E-state index in [1.807, 2.05) is 44.2 Å². The average Bonchev–Trinajstić information content (AvgIpc) is 3.27. The van der Waals surface area contributed by atoms with Crippen LogP contribution in [0.5, 0.6) is 0 Å². The molecule has 226 valence electrons. The van der Waals surface area contributed by atoms with Crippen molar-refractivity contribution in [1.82, 2.24) is 15.5 Å². The van der Waals surface area contributed by atoms with E-state index in [0.717, 1.165) is 5.56 Å². The highest BCUT2D eigenvalue weighted by Gasteiger charge is 2.48. The monoisotopic (exact) mass is 565 g/mol. The van der Waals surface area contributed by atoms with Crippen LogP contribution in [0.25, 0.3) is 0 Å². The predicted molar refractivity (Wildman–Crippen MR) is 149 cm³/mol. The molecule has 3 N–H and O–H groups in total. The summed E-state index contributed by atoms with van der Waals surface area (Å²) in [6, 6.07) is 8.87. The molecular weight excluding hydrogens is 518 g/mol. The molecule has 1 saturated heterocycles. The molecule has 1 fully saturated rings. The Hall–Kier alpha value is -2.73. The van der Waals surface area contributed by atoms with Gasteiger partial charge >= 0.3 is 6.09 Å². The molecule has 0 unspecified atom stereocenters. The van der Waals surface area contributed by atoms with Crippen molar-refractivity contribution in [2.75, 3.05) is 27.8 Å². The number of ether oxygens (including phenoxy) is 4. The summed E-state index contributed by atoms with van der Waals surface area (Å²) < 4.78 is 22.6. The molecule has 0 spiro atoms. The Morgan fingerprint density at radius 2 is 1.70 bits per heavy atom. The first-order valence-corrected chi connectivity index (χ1v) is 13.8. The van der Waals surface area contributed by atoms with Gasteiger partial charge in [0.1, 0.15) is 23.9 Å². The first kappa shape index (κ1) is 33.5. The molecule has 0 aromatic heterocycles. The van der Waals surface area contributed by atoms with E-state index < -0.39 is 54.2 Å². The number of aliphatic hydroxyl groups is 1. The lowest BCUT2D eigenvalue weighted by Crippen LogP contribution is -2.51. The van der Waals surface area contributed by atoms with Gasteiger partial charge in [-0.25, -0.2) is 4.79 Å². The van der Waals surface area contributed by atoms with Crippen LogP contribution in [0, 0.1) is 5.92 Å². The number of aliphatic hydroxyl groups excluding tert-OH is 1. The number of carbonyl (C=O) groups excluding carboxylic acids is 3. The quantitative estimate of drug-likeness (QED) is 0.331. The number of rotatable bonds is 13. The summed E-state index contributed by atoms with van der Waals surface area (Å²) in [6.45, 7) is 9.55. The first-order valence-electron chi connectivity index (χ1n) is 13.8. The highest BCUT2D eigenvalue weighted by atomic mass is 16.6. The van der Waals surface area contributed by atoms with Gasteiger partial charge in [-0.15, -0.1) is 0 Å². The molecule has 11 heteroatoms. The normalized spacial score (nSPS) is 23.1. The second kappa shape index (κ2) is 15.3. The highest BCUT2D eigenvalue weighted by molar-refractivity contribution is 5.82. The molecule has 40 heavy (non-hydrogen) atoms. The van der Waals surface area contributed by atoms with Crippen molar-refractivity contribution in [3.8, 4) is 0 Å². The molecule has 0 bridgehead atoms. The molecule has 1 heterocycles. The Bertz CT molecular complexity index is 954. The van der Waals surface area contributed by atoms with E-state index in [9.17, 15) is 19.5 Å². The molecule has 1 aliphatic rings. The standard InChI is InChI=1S/C29H47N3O8/c1-9-18(2)23(32(6)28(36)40-29(3,4)5)20(33)15-22(34)30-17-21-24(37-7)25(38-8)26(39-21)27(35)31-16-19-13-11-10-12-14-19/h10-14,18,20-21,23-26,33H,9,15-17H2,1-8H3,(H,30,34)(H,31,35)/t18-,20+,21+,23-,24+,25-,26-/m0/s1. The van der Waals surface area contributed by atoms with Crippen LogP contribution in [0.4, 0.5) is 4.79 Å². The third-order valence-corrected chi connectivity index (χ3v) is 7.07. The lowest BCUT2D eigenvalue weighted by molar-refractivity contribution is -0.137. The zero-order valence-corrected chi connectivity index (χ0v) is 25.0. The van der Waals surface area contributed by atoms with Crippen LogP contribution in [0.15, 0.2) is 30.3 Å². The fraction of sp³-hybridized carbons (Fsp3) is 0.690. The molecule has 1 aromatic carbocycles. The molecule has 1 aliphatic heterocycles. The van der Waals surface area contributed by atoms with Gasteiger partial charge in [-0.3, -0.25) is 9.59 Å². The zero-order chi connectivity index (χ0) is 30.0. The summed E-state index contributed by atoms with van der Waals surface area (Å²) in [5.41, 5.74) is 0.255. The summed E-state index contributed by atoms with van der Waals surface area (Å²) in [6.07, 6.45) is -4.10. The predicted octanol–water partition coefficient (Wildman–Crippen LogP) is 2.25. The van der Waals surface area contributed by atoms with Crippen LogP contribution in [-0.4, -0.2) is 97.9 Å². The van der Waals surface area contributed by atoms with Crippen LogP contribution in [0.2, 0.25) is 0 Å². The van der Waals surface area contributed by atoms with Gasteiger partial charge in [-0.1, -0.05) is 50.6 Å². The summed E-state index contributed by atoms with van der Waals surface area (Å²) in [7, 11) is 4.53. The Morgan fingerprint density at radius 3 is 2.25 bits per heavy atom. The smallest absolute Gasteiger partial charge is 0.410 e. The van der Waals surface area contributed by atoms with Gasteiger partial charge in [0.05, 0.1) is 18.6 Å². The van der Waals surface area contributed by atoms with Gasteiger partial charge in [0, 0.05) is 34.4 Å². The lowest BCUT2D eigenvalue weighted by Gasteiger charge is -2.36. The fourth-order valence-electron chi connectivity index (χ4n) is 4.85. The topological polar surface area (TPSA) is 136 Å². The maximum atomic E-state index is 12.9. The van der Waals surface area contributed by atoms with E-state index in [2.05, 4.69) is 10.6 Å².